The van der Waals surface area contributed by atoms with Crippen LogP contribution in [0.4, 0.5) is 0 Å². The van der Waals surface area contributed by atoms with Crippen LogP contribution in [-0.4, -0.2) is 15.5 Å². The first-order chi connectivity index (χ1) is 10.5. The molecule has 0 radical (unpaired) electrons. The molecule has 0 heterocycles. The molecule has 0 aliphatic carbocycles. The summed E-state index contributed by atoms with van der Waals surface area (Å²) in [4.78, 5) is 0. The Kier molecular flexibility index (Phi) is 7.72. The number of rotatable bonds is 7. The first kappa shape index (κ1) is 19.6. The van der Waals surface area contributed by atoms with Crippen LogP contribution in [0.5, 0.6) is 0 Å². The van der Waals surface area contributed by atoms with Crippen LogP contribution in [0.2, 0.25) is 0 Å². The van der Waals surface area contributed by atoms with Crippen LogP contribution in [0.25, 0.3) is 0 Å². The van der Waals surface area contributed by atoms with E-state index >= 15 is 0 Å². The van der Waals surface area contributed by atoms with E-state index in [0.29, 0.717) is 6.54 Å². The summed E-state index contributed by atoms with van der Waals surface area (Å²) in [6, 6.07) is 16.0. The van der Waals surface area contributed by atoms with Crippen LogP contribution in [0, 0.1) is 6.92 Å². The molecule has 2 N–H and O–H groups in total. The van der Waals surface area contributed by atoms with Crippen molar-refractivity contribution in [3.8, 4) is 0 Å². The molecule has 126 valence electrons. The van der Waals surface area contributed by atoms with Crippen molar-refractivity contribution in [3.63, 3.8) is 0 Å². The molecule has 0 aliphatic heterocycles. The van der Waals surface area contributed by atoms with Gasteiger partial charge in [-0.3, -0.25) is 0 Å². The molecule has 0 saturated heterocycles. The Hall–Kier alpha value is -1.40. The number of benzene rings is 2. The Morgan fingerprint density at radius 1 is 0.913 bits per heavy atom. The largest absolute Gasteiger partial charge is 0.309 e. The Balaban J connectivity index is 0.00000264. The lowest BCUT2D eigenvalue weighted by Crippen LogP contribution is -2.22. The fraction of sp³-hybridized carbons (Fsp3) is 0.294. The van der Waals surface area contributed by atoms with Crippen molar-refractivity contribution < 1.29 is 8.42 Å². The molecule has 2 rings (SSSR count). The summed E-state index contributed by atoms with van der Waals surface area (Å²) < 4.78 is 25.8. The predicted molar refractivity (Wildman–Crippen MR) is 97.1 cm³/mol. The maximum Gasteiger partial charge on any atom is 0.215 e. The van der Waals surface area contributed by atoms with E-state index in [-0.39, 0.29) is 18.2 Å². The number of aryl methyl sites for hydroxylation is 1. The third-order valence-corrected chi connectivity index (χ3v) is 4.85. The van der Waals surface area contributed by atoms with Crippen LogP contribution in [-0.2, 0) is 28.9 Å². The maximum atomic E-state index is 11.7. The summed E-state index contributed by atoms with van der Waals surface area (Å²) in [5, 5.41) is 3.37. The van der Waals surface area contributed by atoms with Gasteiger partial charge in [0.2, 0.25) is 10.0 Å². The van der Waals surface area contributed by atoms with Crippen LogP contribution in [0.15, 0.2) is 48.5 Å². The smallest absolute Gasteiger partial charge is 0.215 e. The van der Waals surface area contributed by atoms with Gasteiger partial charge in [0, 0.05) is 13.1 Å². The summed E-state index contributed by atoms with van der Waals surface area (Å²) in [6.45, 7) is 3.46. The fourth-order valence-electron chi connectivity index (χ4n) is 2.20. The number of nitrogens with one attached hydrogen (secondary N) is 2. The van der Waals surface area contributed by atoms with Crippen molar-refractivity contribution in [2.24, 2.45) is 0 Å². The molecule has 23 heavy (non-hydrogen) atoms. The van der Waals surface area contributed by atoms with Gasteiger partial charge in [-0.15, -0.1) is 12.4 Å². The van der Waals surface area contributed by atoms with Crippen LogP contribution in [0.1, 0.15) is 22.3 Å². The van der Waals surface area contributed by atoms with Gasteiger partial charge < -0.3 is 5.32 Å². The zero-order chi connectivity index (χ0) is 16.0. The van der Waals surface area contributed by atoms with Gasteiger partial charge in [0.15, 0.2) is 0 Å². The molecule has 0 unspecified atom stereocenters. The van der Waals surface area contributed by atoms with E-state index in [1.165, 1.54) is 18.2 Å². The van der Waals surface area contributed by atoms with E-state index in [1.54, 1.807) is 0 Å². The first-order valence-corrected chi connectivity index (χ1v) is 8.89. The zero-order valence-corrected chi connectivity index (χ0v) is 15.0. The summed E-state index contributed by atoms with van der Waals surface area (Å²) in [6.07, 6.45) is 0. The molecule has 6 heteroatoms. The van der Waals surface area contributed by atoms with Crippen LogP contribution >= 0.6 is 12.4 Å². The lowest BCUT2D eigenvalue weighted by atomic mass is 10.1. The predicted octanol–water partition coefficient (Wildman–Crippen LogP) is 2.76. The van der Waals surface area contributed by atoms with Crippen LogP contribution in [0.3, 0.4) is 0 Å². The molecule has 0 spiro atoms. The van der Waals surface area contributed by atoms with Crippen molar-refractivity contribution in [1.29, 1.82) is 0 Å². The molecule has 0 aromatic heterocycles. The van der Waals surface area contributed by atoms with Crippen molar-refractivity contribution in [2.75, 3.05) is 7.05 Å². The van der Waals surface area contributed by atoms with Crippen molar-refractivity contribution >= 4 is 22.4 Å². The molecular formula is C17H23ClN2O2S. The van der Waals surface area contributed by atoms with E-state index in [0.717, 1.165) is 17.7 Å². The number of hydrogen-bond acceptors (Lipinski definition) is 3. The molecule has 0 aliphatic rings. The van der Waals surface area contributed by atoms with Gasteiger partial charge in [0.1, 0.15) is 0 Å². The van der Waals surface area contributed by atoms with Crippen molar-refractivity contribution in [2.45, 2.75) is 25.8 Å². The second-order valence-corrected chi connectivity index (χ2v) is 7.25. The third-order valence-electron chi connectivity index (χ3n) is 3.54. The molecule has 0 fully saturated rings. The second-order valence-electron chi connectivity index (χ2n) is 5.32. The van der Waals surface area contributed by atoms with Crippen molar-refractivity contribution in [3.05, 3.63) is 70.8 Å². The molecule has 2 aromatic carbocycles. The van der Waals surface area contributed by atoms with Gasteiger partial charge in [0.05, 0.1) is 5.75 Å². The molecule has 0 saturated carbocycles. The molecule has 4 nitrogen and oxygen atoms in total. The molecule has 0 bridgehead atoms. The average molecular weight is 355 g/mol. The van der Waals surface area contributed by atoms with Crippen molar-refractivity contribution in [1.82, 2.24) is 10.0 Å². The fourth-order valence-corrected chi connectivity index (χ4v) is 3.03. The number of sulfonamides is 1. The SMILES string of the molecule is CNS(=O)(=O)Cc1ccccc1CNCc1ccc(C)cc1.Cl. The lowest BCUT2D eigenvalue weighted by molar-refractivity contribution is 0.587. The Morgan fingerprint density at radius 2 is 1.52 bits per heavy atom. The first-order valence-electron chi connectivity index (χ1n) is 7.24. The van der Waals surface area contributed by atoms with E-state index in [4.69, 9.17) is 0 Å². The quantitative estimate of drug-likeness (QED) is 0.803. The number of hydrogen-bond donors (Lipinski definition) is 2. The standard InChI is InChI=1S/C17H22N2O2S.ClH/c1-14-7-9-15(10-8-14)11-19-12-16-5-3-4-6-17(16)13-22(20,21)18-2;/h3-10,18-19H,11-13H2,1-2H3;1H. The number of halogens is 1. The minimum atomic E-state index is -3.25. The topological polar surface area (TPSA) is 58.2 Å². The van der Waals surface area contributed by atoms with E-state index < -0.39 is 10.0 Å². The maximum absolute atomic E-state index is 11.7. The van der Waals surface area contributed by atoms with Crippen LogP contribution < -0.4 is 10.0 Å². The zero-order valence-electron chi connectivity index (χ0n) is 13.4. The minimum Gasteiger partial charge on any atom is -0.309 e. The van der Waals surface area contributed by atoms with E-state index in [1.807, 2.05) is 24.3 Å². The molecule has 0 amide bonds. The highest BCUT2D eigenvalue weighted by Crippen LogP contribution is 2.12. The lowest BCUT2D eigenvalue weighted by Gasteiger charge is -2.11. The Bertz CT molecular complexity index is 716. The molecular weight excluding hydrogens is 332 g/mol. The van der Waals surface area contributed by atoms with Gasteiger partial charge >= 0.3 is 0 Å². The van der Waals surface area contributed by atoms with Gasteiger partial charge in [-0.05, 0) is 30.7 Å². The van der Waals surface area contributed by atoms with Gasteiger partial charge in [-0.2, -0.15) is 0 Å². The Morgan fingerprint density at radius 3 is 2.13 bits per heavy atom. The van der Waals surface area contributed by atoms with Gasteiger partial charge in [-0.25, -0.2) is 13.1 Å². The minimum absolute atomic E-state index is 0. The highest BCUT2D eigenvalue weighted by atomic mass is 35.5. The highest BCUT2D eigenvalue weighted by molar-refractivity contribution is 7.88. The van der Waals surface area contributed by atoms with Gasteiger partial charge in [0.25, 0.3) is 0 Å². The average Bonchev–Trinajstić information content (AvgIpc) is 2.51. The summed E-state index contributed by atoms with van der Waals surface area (Å²) in [5.41, 5.74) is 4.29. The summed E-state index contributed by atoms with van der Waals surface area (Å²) in [5.74, 6) is 0.00584. The van der Waals surface area contributed by atoms with Gasteiger partial charge in [-0.1, -0.05) is 54.1 Å². The Labute approximate surface area is 144 Å². The summed E-state index contributed by atoms with van der Waals surface area (Å²) in [7, 11) is -1.82. The normalized spacial score (nSPS) is 11.0. The molecule has 2 aromatic rings. The third kappa shape index (κ3) is 6.31. The monoisotopic (exact) mass is 354 g/mol. The summed E-state index contributed by atoms with van der Waals surface area (Å²) >= 11 is 0. The highest BCUT2D eigenvalue weighted by Gasteiger charge is 2.11. The second kappa shape index (κ2) is 9.03. The van der Waals surface area contributed by atoms with E-state index in [9.17, 15) is 8.42 Å². The van der Waals surface area contributed by atoms with E-state index in [2.05, 4.69) is 41.2 Å². The molecule has 0 atom stereocenters.